The van der Waals surface area contributed by atoms with Crippen LogP contribution in [0.5, 0.6) is 11.5 Å². The van der Waals surface area contributed by atoms with Crippen LogP contribution in [-0.2, 0) is 16.0 Å². The first kappa shape index (κ1) is 20.9. The number of fused-ring (bicyclic) bond motifs is 1. The standard InChI is InChI=1S/C22H22N4O4S/c1-14(7-8-15-9-10-17-18(11-15)30-13-29-17)24-25-22(23)31-19-12-20(27)26(21(19)28)16-5-3-2-4-6-16/h2-6,9-11,19H,7-8,12-13H2,1H3,(H2,23,25)/b24-14-/t19-/m0/s1. The number of benzene rings is 2. The van der Waals surface area contributed by atoms with Crippen LogP contribution >= 0.6 is 11.8 Å². The highest BCUT2D eigenvalue weighted by atomic mass is 32.2. The van der Waals surface area contributed by atoms with Crippen molar-refractivity contribution < 1.29 is 19.1 Å². The average molecular weight is 439 g/mol. The lowest BCUT2D eigenvalue weighted by Gasteiger charge is -2.14. The van der Waals surface area contributed by atoms with Gasteiger partial charge in [-0.3, -0.25) is 9.59 Å². The van der Waals surface area contributed by atoms with E-state index in [4.69, 9.17) is 15.2 Å². The summed E-state index contributed by atoms with van der Waals surface area (Å²) < 4.78 is 10.7. The van der Waals surface area contributed by atoms with Crippen molar-refractivity contribution in [2.75, 3.05) is 11.7 Å². The Bertz CT molecular complexity index is 1050. The van der Waals surface area contributed by atoms with Gasteiger partial charge in [-0.15, -0.1) is 5.10 Å². The van der Waals surface area contributed by atoms with E-state index in [1.54, 1.807) is 24.3 Å². The molecule has 1 saturated heterocycles. The van der Waals surface area contributed by atoms with Crippen LogP contribution in [-0.4, -0.2) is 34.7 Å². The summed E-state index contributed by atoms with van der Waals surface area (Å²) in [6, 6.07) is 14.7. The number of amidine groups is 1. The summed E-state index contributed by atoms with van der Waals surface area (Å²) in [6.45, 7) is 2.12. The van der Waals surface area contributed by atoms with Gasteiger partial charge in [-0.1, -0.05) is 36.0 Å². The number of amides is 2. The molecule has 2 heterocycles. The Kier molecular flexibility index (Phi) is 6.22. The molecule has 9 heteroatoms. The largest absolute Gasteiger partial charge is 0.454 e. The monoisotopic (exact) mass is 438 g/mol. The summed E-state index contributed by atoms with van der Waals surface area (Å²) in [7, 11) is 0. The number of hydrogen-bond acceptors (Lipinski definition) is 7. The van der Waals surface area contributed by atoms with Gasteiger partial charge in [0.05, 0.1) is 5.69 Å². The van der Waals surface area contributed by atoms with Crippen molar-refractivity contribution in [3.05, 3.63) is 54.1 Å². The summed E-state index contributed by atoms with van der Waals surface area (Å²) >= 11 is 1.07. The normalized spacial score (nSPS) is 18.7. The summed E-state index contributed by atoms with van der Waals surface area (Å²) in [5, 5.41) is 7.76. The fraction of sp³-hybridized carbons (Fsp3) is 0.273. The lowest BCUT2D eigenvalue weighted by molar-refractivity contribution is -0.121. The maximum Gasteiger partial charge on any atom is 0.247 e. The molecule has 2 amide bonds. The number of aryl methyl sites for hydroxylation is 1. The smallest absolute Gasteiger partial charge is 0.247 e. The van der Waals surface area contributed by atoms with Crippen molar-refractivity contribution in [2.45, 2.75) is 31.4 Å². The van der Waals surface area contributed by atoms with Crippen molar-refractivity contribution in [1.82, 2.24) is 0 Å². The topological polar surface area (TPSA) is 107 Å². The first-order valence-electron chi connectivity index (χ1n) is 9.85. The molecular weight excluding hydrogens is 416 g/mol. The lowest BCUT2D eigenvalue weighted by atomic mass is 10.1. The van der Waals surface area contributed by atoms with Crippen molar-refractivity contribution >= 4 is 40.1 Å². The Morgan fingerprint density at radius 1 is 1.13 bits per heavy atom. The number of imide groups is 1. The Labute approximate surface area is 184 Å². The maximum atomic E-state index is 12.6. The SMILES string of the molecule is C/C(CCc1ccc2c(c1)OCO2)=N/N=C(/N)S[C@H]1CC(=O)N(c2ccccc2)C1=O. The van der Waals surface area contributed by atoms with E-state index in [0.29, 0.717) is 12.1 Å². The fourth-order valence-corrected chi connectivity index (χ4v) is 4.13. The molecule has 0 aliphatic carbocycles. The first-order chi connectivity index (χ1) is 15.0. The predicted octanol–water partition coefficient (Wildman–Crippen LogP) is 3.10. The summed E-state index contributed by atoms with van der Waals surface area (Å²) in [5.74, 6) is 0.980. The van der Waals surface area contributed by atoms with E-state index in [-0.39, 0.29) is 30.2 Å². The number of rotatable bonds is 6. The molecule has 0 saturated carbocycles. The minimum absolute atomic E-state index is 0.0847. The highest BCUT2D eigenvalue weighted by Gasteiger charge is 2.40. The molecule has 2 aliphatic heterocycles. The molecule has 0 radical (unpaired) electrons. The molecule has 0 bridgehead atoms. The molecule has 0 aromatic heterocycles. The quantitative estimate of drug-likeness (QED) is 0.321. The molecule has 160 valence electrons. The van der Waals surface area contributed by atoms with Crippen LogP contribution in [0.3, 0.4) is 0 Å². The molecule has 0 unspecified atom stereocenters. The van der Waals surface area contributed by atoms with Crippen LogP contribution in [0.1, 0.15) is 25.3 Å². The molecular formula is C22H22N4O4S. The summed E-state index contributed by atoms with van der Waals surface area (Å²) in [4.78, 5) is 26.1. The molecule has 2 aromatic rings. The summed E-state index contributed by atoms with van der Waals surface area (Å²) in [6.07, 6.45) is 1.56. The van der Waals surface area contributed by atoms with Crippen LogP contribution in [0.25, 0.3) is 0 Å². The van der Waals surface area contributed by atoms with E-state index in [1.165, 1.54) is 4.90 Å². The minimum atomic E-state index is -0.597. The van der Waals surface area contributed by atoms with Crippen molar-refractivity contribution in [1.29, 1.82) is 0 Å². The summed E-state index contributed by atoms with van der Waals surface area (Å²) in [5.41, 5.74) is 8.44. The number of carbonyl (C=O) groups excluding carboxylic acids is 2. The molecule has 1 atom stereocenters. The van der Waals surface area contributed by atoms with E-state index in [9.17, 15) is 9.59 Å². The van der Waals surface area contributed by atoms with Gasteiger partial charge in [0.15, 0.2) is 16.7 Å². The molecule has 4 rings (SSSR count). The van der Waals surface area contributed by atoms with Crippen LogP contribution in [0.2, 0.25) is 0 Å². The Morgan fingerprint density at radius 3 is 2.71 bits per heavy atom. The van der Waals surface area contributed by atoms with Crippen LogP contribution in [0.4, 0.5) is 5.69 Å². The minimum Gasteiger partial charge on any atom is -0.454 e. The van der Waals surface area contributed by atoms with Gasteiger partial charge in [0.2, 0.25) is 18.6 Å². The van der Waals surface area contributed by atoms with Gasteiger partial charge in [-0.25, -0.2) is 4.90 Å². The molecule has 8 nitrogen and oxygen atoms in total. The van der Waals surface area contributed by atoms with Crippen LogP contribution in [0.15, 0.2) is 58.7 Å². The number of thioether (sulfide) groups is 1. The lowest BCUT2D eigenvalue weighted by Crippen LogP contribution is -2.31. The van der Waals surface area contributed by atoms with Crippen LogP contribution < -0.4 is 20.1 Å². The van der Waals surface area contributed by atoms with E-state index in [2.05, 4.69) is 10.2 Å². The van der Waals surface area contributed by atoms with E-state index in [0.717, 1.165) is 41.0 Å². The number of anilines is 1. The molecule has 0 spiro atoms. The first-order valence-corrected chi connectivity index (χ1v) is 10.7. The van der Waals surface area contributed by atoms with Crippen molar-refractivity contribution in [3.63, 3.8) is 0 Å². The molecule has 2 N–H and O–H groups in total. The number of para-hydroxylation sites is 1. The Balaban J connectivity index is 1.32. The second kappa shape index (κ2) is 9.22. The van der Waals surface area contributed by atoms with Gasteiger partial charge in [-0.05, 0) is 49.6 Å². The zero-order valence-corrected chi connectivity index (χ0v) is 17.8. The predicted molar refractivity (Wildman–Crippen MR) is 121 cm³/mol. The number of carbonyl (C=O) groups is 2. The zero-order valence-electron chi connectivity index (χ0n) is 17.0. The molecule has 2 aromatic carbocycles. The number of nitrogens with zero attached hydrogens (tertiary/aromatic N) is 3. The number of hydrogen-bond donors (Lipinski definition) is 1. The highest BCUT2D eigenvalue weighted by molar-refractivity contribution is 8.14. The van der Waals surface area contributed by atoms with Crippen LogP contribution in [0, 0.1) is 0 Å². The Morgan fingerprint density at radius 2 is 1.90 bits per heavy atom. The third-order valence-corrected chi connectivity index (χ3v) is 5.89. The molecule has 2 aliphatic rings. The van der Waals surface area contributed by atoms with E-state index >= 15 is 0 Å². The van der Waals surface area contributed by atoms with E-state index < -0.39 is 5.25 Å². The highest BCUT2D eigenvalue weighted by Crippen LogP contribution is 2.33. The third kappa shape index (κ3) is 4.88. The number of nitrogens with two attached hydrogens (primary N) is 1. The number of ether oxygens (including phenoxy) is 2. The van der Waals surface area contributed by atoms with Gasteiger partial charge >= 0.3 is 0 Å². The van der Waals surface area contributed by atoms with Gasteiger partial charge in [0, 0.05) is 12.1 Å². The molecule has 1 fully saturated rings. The molecule has 31 heavy (non-hydrogen) atoms. The van der Waals surface area contributed by atoms with Gasteiger partial charge in [0.1, 0.15) is 5.25 Å². The van der Waals surface area contributed by atoms with Crippen molar-refractivity contribution in [2.24, 2.45) is 15.9 Å². The second-order valence-corrected chi connectivity index (χ2v) is 8.40. The van der Waals surface area contributed by atoms with Gasteiger partial charge < -0.3 is 15.2 Å². The van der Waals surface area contributed by atoms with Gasteiger partial charge in [-0.2, -0.15) is 5.10 Å². The second-order valence-electron chi connectivity index (χ2n) is 7.17. The van der Waals surface area contributed by atoms with Gasteiger partial charge in [0.25, 0.3) is 0 Å². The van der Waals surface area contributed by atoms with E-state index in [1.807, 2.05) is 31.2 Å². The average Bonchev–Trinajstić information content (AvgIpc) is 3.34. The fourth-order valence-electron chi connectivity index (χ4n) is 3.32. The zero-order chi connectivity index (χ0) is 21.8. The maximum absolute atomic E-state index is 12.6. The van der Waals surface area contributed by atoms with Crippen molar-refractivity contribution in [3.8, 4) is 11.5 Å². The third-order valence-electron chi connectivity index (χ3n) is 4.91. The Hall–Kier alpha value is -3.33.